The summed E-state index contributed by atoms with van der Waals surface area (Å²) in [7, 11) is 0. The summed E-state index contributed by atoms with van der Waals surface area (Å²) in [4.78, 5) is 25.9. The fraction of sp³-hybridized carbons (Fsp3) is 0.686. The van der Waals surface area contributed by atoms with Crippen LogP contribution in [-0.2, 0) is 14.3 Å². The summed E-state index contributed by atoms with van der Waals surface area (Å²) in [6.45, 7) is 6.24. The summed E-state index contributed by atoms with van der Waals surface area (Å²) in [6.07, 6.45) is 56.6. The predicted molar refractivity (Wildman–Crippen MR) is 245 cm³/mol. The lowest BCUT2D eigenvalue weighted by Gasteiger charge is -2.24. The van der Waals surface area contributed by atoms with Crippen LogP contribution in [0, 0.1) is 0 Å². The number of esters is 1. The second kappa shape index (κ2) is 44.1. The fourth-order valence-corrected chi connectivity index (χ4v) is 6.56. The number of ether oxygens (including phenoxy) is 1. The van der Waals surface area contributed by atoms with Crippen molar-refractivity contribution in [3.8, 4) is 0 Å². The minimum absolute atomic E-state index is 0.0271. The van der Waals surface area contributed by atoms with E-state index in [1.807, 2.05) is 54.7 Å². The van der Waals surface area contributed by atoms with Gasteiger partial charge >= 0.3 is 5.97 Å². The van der Waals surface area contributed by atoms with E-state index in [4.69, 9.17) is 4.74 Å². The van der Waals surface area contributed by atoms with Crippen molar-refractivity contribution in [2.75, 3.05) is 6.61 Å². The van der Waals surface area contributed by atoms with Crippen LogP contribution in [0.3, 0.4) is 0 Å². The van der Waals surface area contributed by atoms with Gasteiger partial charge in [-0.15, -0.1) is 0 Å². The average molecular weight is 794 g/mol. The van der Waals surface area contributed by atoms with Crippen molar-refractivity contribution >= 4 is 11.9 Å². The molecule has 57 heavy (non-hydrogen) atoms. The van der Waals surface area contributed by atoms with Gasteiger partial charge in [0.05, 0.1) is 25.2 Å². The molecule has 326 valence electrons. The van der Waals surface area contributed by atoms with Gasteiger partial charge in [-0.05, 0) is 44.9 Å². The van der Waals surface area contributed by atoms with E-state index in [0.29, 0.717) is 19.3 Å². The van der Waals surface area contributed by atoms with Crippen LogP contribution in [0.2, 0.25) is 0 Å². The number of amides is 1. The minimum Gasteiger partial charge on any atom is -0.461 e. The predicted octanol–water partition coefficient (Wildman–Crippen LogP) is 13.6. The van der Waals surface area contributed by atoms with Crippen LogP contribution in [0.15, 0.2) is 85.1 Å². The summed E-state index contributed by atoms with van der Waals surface area (Å²) in [5.41, 5.74) is 0. The number of nitrogens with one attached hydrogen (secondary N) is 1. The Morgan fingerprint density at radius 2 is 0.982 bits per heavy atom. The standard InChI is InChI=1S/C51H87NO5/c1-4-7-10-13-16-19-22-24-25-26-29-32-35-38-41-44-51(56)57-47(42-39-36-33-30-27-21-18-15-12-9-6-3)45-50(55)52-48(46-53)49(54)43-40-37-34-31-28-23-20-17-14-11-8-5-2/h9,12,15-16,18-19,21-22,24,27,30,33,36,39,47-49,53-54H,4-8,10-11,13-14,17,20,23,25-26,28-29,31-32,34-35,37-38,40-46H2,1-3H3,(H,52,55)/b12-9+,18-15+,19-16+,24-22+,27-21-,33-30-,39-36+. The molecule has 3 N–H and O–H groups in total. The number of aliphatic hydroxyl groups excluding tert-OH is 2. The van der Waals surface area contributed by atoms with Crippen LogP contribution in [0.25, 0.3) is 0 Å². The zero-order chi connectivity index (χ0) is 41.7. The fourth-order valence-electron chi connectivity index (χ4n) is 6.56. The van der Waals surface area contributed by atoms with Crippen LogP contribution in [0.5, 0.6) is 0 Å². The first-order valence-corrected chi connectivity index (χ1v) is 23.4. The maximum absolute atomic E-state index is 13.1. The summed E-state index contributed by atoms with van der Waals surface area (Å²) in [5, 5.41) is 23.6. The number of unbranched alkanes of at least 4 members (excludes halogenated alkanes) is 20. The molecule has 3 atom stereocenters. The molecule has 0 aliphatic heterocycles. The Morgan fingerprint density at radius 1 is 0.544 bits per heavy atom. The van der Waals surface area contributed by atoms with Crippen molar-refractivity contribution in [3.05, 3.63) is 85.1 Å². The van der Waals surface area contributed by atoms with Gasteiger partial charge in [0, 0.05) is 12.8 Å². The topological polar surface area (TPSA) is 95.9 Å². The molecule has 0 spiro atoms. The highest BCUT2D eigenvalue weighted by Crippen LogP contribution is 2.16. The Kier molecular flexibility index (Phi) is 41.9. The maximum atomic E-state index is 13.1. The molecule has 6 heteroatoms. The SMILES string of the molecule is CC/C=C/C=C/C=C\C=C/C=C/CC(CC(=O)NC(CO)C(O)CCCCCCCCCCCCCC)OC(=O)CCCCCCCC/C=C/C=C/CCCCC. The van der Waals surface area contributed by atoms with Crippen molar-refractivity contribution in [1.29, 1.82) is 0 Å². The molecule has 6 nitrogen and oxygen atoms in total. The van der Waals surface area contributed by atoms with E-state index >= 15 is 0 Å². The largest absolute Gasteiger partial charge is 0.461 e. The van der Waals surface area contributed by atoms with Crippen LogP contribution < -0.4 is 5.32 Å². The molecule has 0 rings (SSSR count). The minimum atomic E-state index is -0.822. The quantitative estimate of drug-likeness (QED) is 0.0326. The van der Waals surface area contributed by atoms with Crippen molar-refractivity contribution in [1.82, 2.24) is 5.32 Å². The molecule has 3 unspecified atom stereocenters. The molecule has 0 bridgehead atoms. The lowest BCUT2D eigenvalue weighted by Crippen LogP contribution is -2.46. The normalized spacial score (nSPS) is 14.1. The van der Waals surface area contributed by atoms with E-state index < -0.39 is 18.2 Å². The van der Waals surface area contributed by atoms with Gasteiger partial charge in [-0.3, -0.25) is 9.59 Å². The van der Waals surface area contributed by atoms with E-state index in [-0.39, 0.29) is 24.9 Å². The lowest BCUT2D eigenvalue weighted by atomic mass is 10.0. The molecular formula is C51H87NO5. The number of carbonyl (C=O) groups excluding carboxylic acids is 2. The summed E-state index contributed by atoms with van der Waals surface area (Å²) in [6, 6.07) is -0.744. The monoisotopic (exact) mass is 794 g/mol. The Labute approximate surface area is 351 Å². The number of aliphatic hydroxyl groups is 2. The third-order valence-electron chi connectivity index (χ3n) is 10.1. The smallest absolute Gasteiger partial charge is 0.306 e. The van der Waals surface area contributed by atoms with Crippen LogP contribution >= 0.6 is 0 Å². The number of hydrogen-bond acceptors (Lipinski definition) is 5. The first-order chi connectivity index (χ1) is 28.0. The second-order valence-electron chi connectivity index (χ2n) is 15.6. The van der Waals surface area contributed by atoms with Gasteiger partial charge in [0.1, 0.15) is 6.10 Å². The molecule has 0 aliphatic carbocycles. The Hall–Kier alpha value is -2.96. The van der Waals surface area contributed by atoms with Crippen LogP contribution in [-0.4, -0.2) is 46.9 Å². The molecule has 0 fully saturated rings. The van der Waals surface area contributed by atoms with Gasteiger partial charge < -0.3 is 20.3 Å². The molecule has 0 aromatic rings. The highest BCUT2D eigenvalue weighted by atomic mass is 16.5. The summed E-state index contributed by atoms with van der Waals surface area (Å²) < 4.78 is 5.81. The highest BCUT2D eigenvalue weighted by Gasteiger charge is 2.23. The van der Waals surface area contributed by atoms with Gasteiger partial charge in [-0.1, -0.05) is 221 Å². The van der Waals surface area contributed by atoms with Crippen molar-refractivity contribution < 1.29 is 24.5 Å². The molecule has 0 radical (unpaired) electrons. The first-order valence-electron chi connectivity index (χ1n) is 23.4. The van der Waals surface area contributed by atoms with Gasteiger partial charge in [-0.25, -0.2) is 0 Å². The molecule has 0 saturated heterocycles. The second-order valence-corrected chi connectivity index (χ2v) is 15.6. The number of rotatable bonds is 40. The van der Waals surface area contributed by atoms with Gasteiger partial charge in [0.2, 0.25) is 5.91 Å². The van der Waals surface area contributed by atoms with E-state index in [0.717, 1.165) is 57.8 Å². The van der Waals surface area contributed by atoms with Crippen molar-refractivity contribution in [2.45, 2.75) is 219 Å². The molecule has 1 amide bonds. The number of carbonyl (C=O) groups is 2. The van der Waals surface area contributed by atoms with Crippen LogP contribution in [0.4, 0.5) is 0 Å². The van der Waals surface area contributed by atoms with E-state index in [1.165, 1.54) is 96.3 Å². The third kappa shape index (κ3) is 39.6. The molecule has 0 aromatic carbocycles. The van der Waals surface area contributed by atoms with E-state index in [9.17, 15) is 19.8 Å². The summed E-state index contributed by atoms with van der Waals surface area (Å²) in [5.74, 6) is -0.628. The van der Waals surface area contributed by atoms with Crippen LogP contribution in [0.1, 0.15) is 201 Å². The van der Waals surface area contributed by atoms with E-state index in [2.05, 4.69) is 56.5 Å². The van der Waals surface area contributed by atoms with Gasteiger partial charge in [0.15, 0.2) is 0 Å². The molecule has 0 saturated carbocycles. The third-order valence-corrected chi connectivity index (χ3v) is 10.1. The van der Waals surface area contributed by atoms with Gasteiger partial charge in [-0.2, -0.15) is 0 Å². The molecular weight excluding hydrogens is 707 g/mol. The zero-order valence-electron chi connectivity index (χ0n) is 36.9. The Morgan fingerprint density at radius 3 is 1.53 bits per heavy atom. The van der Waals surface area contributed by atoms with Gasteiger partial charge in [0.25, 0.3) is 0 Å². The van der Waals surface area contributed by atoms with E-state index in [1.54, 1.807) is 0 Å². The summed E-state index contributed by atoms with van der Waals surface area (Å²) >= 11 is 0. The Balaban J connectivity index is 4.73. The molecule has 0 aliphatic rings. The average Bonchev–Trinajstić information content (AvgIpc) is 3.20. The Bertz CT molecular complexity index is 1120. The van der Waals surface area contributed by atoms with Crippen molar-refractivity contribution in [2.24, 2.45) is 0 Å². The zero-order valence-corrected chi connectivity index (χ0v) is 36.9. The maximum Gasteiger partial charge on any atom is 0.306 e. The number of allylic oxidation sites excluding steroid dienone is 13. The van der Waals surface area contributed by atoms with Crippen molar-refractivity contribution in [3.63, 3.8) is 0 Å². The first kappa shape index (κ1) is 54.0. The molecule has 0 heterocycles. The lowest BCUT2D eigenvalue weighted by molar-refractivity contribution is -0.150. The molecule has 0 aromatic heterocycles. The highest BCUT2D eigenvalue weighted by molar-refractivity contribution is 5.77. The number of hydrogen-bond donors (Lipinski definition) is 3.